The number of piperidine rings is 1. The van der Waals surface area contributed by atoms with Crippen molar-refractivity contribution in [3.8, 4) is 0 Å². The lowest BCUT2D eigenvalue weighted by molar-refractivity contribution is -0.137. The monoisotopic (exact) mass is 236 g/mol. The largest absolute Gasteiger partial charge is 0.335 e. The average molecular weight is 236 g/mol. The van der Waals surface area contributed by atoms with Crippen LogP contribution < -0.4 is 5.73 Å². The number of hydrogen-bond donors (Lipinski definition) is 1. The summed E-state index contributed by atoms with van der Waals surface area (Å²) >= 11 is 0. The standard InChI is InChI=1S/C13H17FN2O/c1-9(10-4-6-11(14)7-5-10)16-8-2-3-12(15)13(16)17/h4-7,9,12H,2-3,8,15H2,1H3/t9-,12-/m1/s1. The van der Waals surface area contributed by atoms with E-state index in [1.165, 1.54) is 12.1 Å². The first kappa shape index (κ1) is 12.0. The topological polar surface area (TPSA) is 46.3 Å². The maximum atomic E-state index is 12.8. The molecule has 2 atom stereocenters. The van der Waals surface area contributed by atoms with Gasteiger partial charge in [0.25, 0.3) is 0 Å². The van der Waals surface area contributed by atoms with Crippen LogP contribution in [0.3, 0.4) is 0 Å². The van der Waals surface area contributed by atoms with E-state index in [0.29, 0.717) is 0 Å². The Morgan fingerprint density at radius 1 is 1.41 bits per heavy atom. The number of nitrogens with two attached hydrogens (primary N) is 1. The lowest BCUT2D eigenvalue weighted by atomic mass is 10.0. The molecule has 0 aliphatic carbocycles. The fourth-order valence-electron chi connectivity index (χ4n) is 2.23. The summed E-state index contributed by atoms with van der Waals surface area (Å²) in [5, 5.41) is 0. The van der Waals surface area contributed by atoms with Crippen LogP contribution in [0, 0.1) is 5.82 Å². The minimum atomic E-state index is -0.383. The zero-order valence-corrected chi connectivity index (χ0v) is 9.90. The third-order valence-corrected chi connectivity index (χ3v) is 3.33. The second-order valence-corrected chi connectivity index (χ2v) is 4.51. The van der Waals surface area contributed by atoms with Crippen molar-refractivity contribution in [1.82, 2.24) is 4.90 Å². The Hall–Kier alpha value is -1.42. The number of carbonyl (C=O) groups excluding carboxylic acids is 1. The predicted octanol–water partition coefficient (Wildman–Crippen LogP) is 1.84. The quantitative estimate of drug-likeness (QED) is 0.851. The Bertz CT molecular complexity index is 404. The molecule has 92 valence electrons. The van der Waals surface area contributed by atoms with E-state index in [-0.39, 0.29) is 23.8 Å². The normalized spacial score (nSPS) is 22.6. The lowest BCUT2D eigenvalue weighted by Gasteiger charge is -2.35. The van der Waals surface area contributed by atoms with Gasteiger partial charge < -0.3 is 10.6 Å². The van der Waals surface area contributed by atoms with Crippen LogP contribution in [0.15, 0.2) is 24.3 Å². The van der Waals surface area contributed by atoms with E-state index in [1.54, 1.807) is 17.0 Å². The Morgan fingerprint density at radius 2 is 2.06 bits per heavy atom. The van der Waals surface area contributed by atoms with Gasteiger partial charge in [0.2, 0.25) is 5.91 Å². The summed E-state index contributed by atoms with van der Waals surface area (Å²) in [4.78, 5) is 13.7. The molecule has 1 fully saturated rings. The number of nitrogens with zero attached hydrogens (tertiary/aromatic N) is 1. The van der Waals surface area contributed by atoms with Crippen molar-refractivity contribution >= 4 is 5.91 Å². The van der Waals surface area contributed by atoms with E-state index >= 15 is 0 Å². The molecule has 0 bridgehead atoms. The molecule has 0 spiro atoms. The molecule has 1 aromatic carbocycles. The maximum absolute atomic E-state index is 12.8. The smallest absolute Gasteiger partial charge is 0.239 e. The van der Waals surface area contributed by atoms with Gasteiger partial charge in [-0.15, -0.1) is 0 Å². The van der Waals surface area contributed by atoms with Crippen LogP contribution in [0.4, 0.5) is 4.39 Å². The molecule has 1 aliphatic rings. The van der Waals surface area contributed by atoms with Gasteiger partial charge in [-0.25, -0.2) is 4.39 Å². The summed E-state index contributed by atoms with van der Waals surface area (Å²) in [5.74, 6) is -0.268. The van der Waals surface area contributed by atoms with Gasteiger partial charge in [0.15, 0.2) is 0 Å². The molecule has 17 heavy (non-hydrogen) atoms. The summed E-state index contributed by atoms with van der Waals surface area (Å²) < 4.78 is 12.8. The van der Waals surface area contributed by atoms with Crippen LogP contribution in [-0.4, -0.2) is 23.4 Å². The lowest BCUT2D eigenvalue weighted by Crippen LogP contribution is -2.49. The van der Waals surface area contributed by atoms with E-state index in [0.717, 1.165) is 24.9 Å². The summed E-state index contributed by atoms with van der Waals surface area (Å²) in [5.41, 5.74) is 6.70. The van der Waals surface area contributed by atoms with Crippen LogP contribution in [0.25, 0.3) is 0 Å². The summed E-state index contributed by atoms with van der Waals surface area (Å²) in [6, 6.07) is 5.84. The number of carbonyl (C=O) groups is 1. The third kappa shape index (κ3) is 2.47. The van der Waals surface area contributed by atoms with Crippen LogP contribution >= 0.6 is 0 Å². The third-order valence-electron chi connectivity index (χ3n) is 3.33. The van der Waals surface area contributed by atoms with Gasteiger partial charge >= 0.3 is 0 Å². The number of likely N-dealkylation sites (tertiary alicyclic amines) is 1. The Kier molecular flexibility index (Phi) is 3.43. The molecule has 1 saturated heterocycles. The van der Waals surface area contributed by atoms with E-state index in [2.05, 4.69) is 0 Å². The first-order valence-electron chi connectivity index (χ1n) is 5.91. The number of rotatable bonds is 2. The molecule has 0 unspecified atom stereocenters. The Labute approximate surface area is 100 Å². The second-order valence-electron chi connectivity index (χ2n) is 4.51. The minimum absolute atomic E-state index is 0.00641. The van der Waals surface area contributed by atoms with Crippen molar-refractivity contribution in [2.45, 2.75) is 31.8 Å². The van der Waals surface area contributed by atoms with Crippen molar-refractivity contribution < 1.29 is 9.18 Å². The van der Waals surface area contributed by atoms with Crippen LogP contribution in [0.5, 0.6) is 0 Å². The van der Waals surface area contributed by atoms with Crippen molar-refractivity contribution in [3.63, 3.8) is 0 Å². The zero-order chi connectivity index (χ0) is 12.4. The zero-order valence-electron chi connectivity index (χ0n) is 9.90. The van der Waals surface area contributed by atoms with E-state index in [1.807, 2.05) is 6.92 Å². The summed E-state index contributed by atoms with van der Waals surface area (Å²) in [7, 11) is 0. The molecular weight excluding hydrogens is 219 g/mol. The first-order valence-corrected chi connectivity index (χ1v) is 5.91. The van der Waals surface area contributed by atoms with Gasteiger partial charge in [0.1, 0.15) is 5.82 Å². The number of benzene rings is 1. The van der Waals surface area contributed by atoms with Crippen LogP contribution in [0.2, 0.25) is 0 Å². The molecule has 2 N–H and O–H groups in total. The second kappa shape index (κ2) is 4.84. The van der Waals surface area contributed by atoms with Crippen molar-refractivity contribution in [2.75, 3.05) is 6.54 Å². The van der Waals surface area contributed by atoms with Gasteiger partial charge in [-0.1, -0.05) is 12.1 Å². The first-order chi connectivity index (χ1) is 8.09. The fourth-order valence-corrected chi connectivity index (χ4v) is 2.23. The van der Waals surface area contributed by atoms with Gasteiger partial charge in [0, 0.05) is 6.54 Å². The van der Waals surface area contributed by atoms with Crippen molar-refractivity contribution in [3.05, 3.63) is 35.6 Å². The van der Waals surface area contributed by atoms with Gasteiger partial charge in [0.05, 0.1) is 12.1 Å². The number of halogens is 1. The van der Waals surface area contributed by atoms with Crippen LogP contribution in [-0.2, 0) is 4.79 Å². The predicted molar refractivity (Wildman–Crippen MR) is 63.7 cm³/mol. The molecule has 3 nitrogen and oxygen atoms in total. The summed E-state index contributed by atoms with van der Waals surface area (Å²) in [6.07, 6.45) is 1.68. The van der Waals surface area contributed by atoms with E-state index in [9.17, 15) is 9.18 Å². The molecule has 1 amide bonds. The van der Waals surface area contributed by atoms with E-state index < -0.39 is 0 Å². The number of hydrogen-bond acceptors (Lipinski definition) is 2. The van der Waals surface area contributed by atoms with Crippen LogP contribution in [0.1, 0.15) is 31.4 Å². The SMILES string of the molecule is C[C@H](c1ccc(F)cc1)N1CCC[C@@H](N)C1=O. The molecule has 0 aromatic heterocycles. The van der Waals surface area contributed by atoms with E-state index in [4.69, 9.17) is 5.73 Å². The molecular formula is C13H17FN2O. The fraction of sp³-hybridized carbons (Fsp3) is 0.462. The molecule has 0 saturated carbocycles. The number of amides is 1. The molecule has 1 aromatic rings. The summed E-state index contributed by atoms with van der Waals surface area (Å²) in [6.45, 7) is 2.67. The highest BCUT2D eigenvalue weighted by Crippen LogP contribution is 2.24. The highest BCUT2D eigenvalue weighted by Gasteiger charge is 2.29. The van der Waals surface area contributed by atoms with Gasteiger partial charge in [-0.3, -0.25) is 4.79 Å². The highest BCUT2D eigenvalue weighted by atomic mass is 19.1. The van der Waals surface area contributed by atoms with Crippen molar-refractivity contribution in [2.24, 2.45) is 5.73 Å². The maximum Gasteiger partial charge on any atom is 0.239 e. The molecule has 1 aliphatic heterocycles. The molecule has 0 radical (unpaired) electrons. The van der Waals surface area contributed by atoms with Gasteiger partial charge in [-0.05, 0) is 37.5 Å². The Balaban J connectivity index is 2.16. The Morgan fingerprint density at radius 3 is 2.71 bits per heavy atom. The molecule has 1 heterocycles. The minimum Gasteiger partial charge on any atom is -0.335 e. The highest BCUT2D eigenvalue weighted by molar-refractivity contribution is 5.82. The average Bonchev–Trinajstić information content (AvgIpc) is 2.33. The molecule has 2 rings (SSSR count). The molecule has 4 heteroatoms. The van der Waals surface area contributed by atoms with Crippen molar-refractivity contribution in [1.29, 1.82) is 0 Å². The van der Waals surface area contributed by atoms with Gasteiger partial charge in [-0.2, -0.15) is 0 Å².